The van der Waals surface area contributed by atoms with Gasteiger partial charge < -0.3 is 35.8 Å². The Morgan fingerprint density at radius 3 is 2.05 bits per heavy atom. The second-order valence-electron chi connectivity index (χ2n) is 13.7. The van der Waals surface area contributed by atoms with Crippen molar-refractivity contribution in [3.63, 3.8) is 0 Å². The van der Waals surface area contributed by atoms with E-state index >= 15 is 0 Å². The van der Waals surface area contributed by atoms with Gasteiger partial charge >= 0.3 is 5.97 Å². The van der Waals surface area contributed by atoms with Gasteiger partial charge in [0.1, 0.15) is 28.8 Å². The first-order chi connectivity index (χ1) is 26.8. The third-order valence-electron chi connectivity index (χ3n) is 9.62. The van der Waals surface area contributed by atoms with Crippen molar-refractivity contribution in [2.24, 2.45) is 0 Å². The number of ether oxygens (including phenoxy) is 1. The Morgan fingerprint density at radius 1 is 0.893 bits per heavy atom. The van der Waals surface area contributed by atoms with Crippen LogP contribution in [0.2, 0.25) is 0 Å². The maximum absolute atomic E-state index is 14.4. The first-order valence-electron chi connectivity index (χ1n) is 18.8. The van der Waals surface area contributed by atoms with E-state index in [1.165, 1.54) is 17.8 Å². The summed E-state index contributed by atoms with van der Waals surface area (Å²) in [5, 5.41) is 26.0. The van der Waals surface area contributed by atoms with Gasteiger partial charge in [-0.25, -0.2) is 17.9 Å². The molecule has 0 spiro atoms. The predicted octanol–water partition coefficient (Wildman–Crippen LogP) is 4.65. The number of nitrogens with one attached hydrogen (secondary N) is 4. The van der Waals surface area contributed by atoms with E-state index in [4.69, 9.17) is 4.74 Å². The first kappa shape index (κ1) is 44.1. The standard InChI is InChI=1S/C40H53N5O9S2/c1-5-8-20-40(21-9-6-2)26-45(28-18-14-11-15-19-28)31-22-33(55-4)32(23-34(31)56(52,53)44-40)54-25-35(47)43-36(27-16-12-10-13-17-27)38(49)41-29(7-3)37(48)42-30(24-46)39(50)51/h10-19,22-23,29-30,36,44,46H,5-9,20-21,24-26H2,1-4H3,(H,41,49)(H,42,48)(H,43,47)(H,50,51)/t29-,30-,36+/m0/s1. The average Bonchev–Trinajstić information content (AvgIpc) is 3.29. The lowest BCUT2D eigenvalue weighted by Gasteiger charge is -2.37. The maximum atomic E-state index is 14.4. The second kappa shape index (κ2) is 20.5. The number of anilines is 2. The highest BCUT2D eigenvalue weighted by atomic mass is 32.2. The van der Waals surface area contributed by atoms with Crippen molar-refractivity contribution in [1.29, 1.82) is 0 Å². The number of para-hydroxylation sites is 1. The number of aliphatic hydroxyl groups is 1. The van der Waals surface area contributed by atoms with Crippen molar-refractivity contribution in [3.8, 4) is 5.75 Å². The van der Waals surface area contributed by atoms with Crippen LogP contribution in [-0.4, -0.2) is 86.0 Å². The zero-order valence-electron chi connectivity index (χ0n) is 32.2. The summed E-state index contributed by atoms with van der Waals surface area (Å²) >= 11 is 1.33. The number of carbonyl (C=O) groups excluding carboxylic acids is 3. The Hall–Kier alpha value is -4.64. The number of thioether (sulfide) groups is 1. The van der Waals surface area contributed by atoms with Crippen molar-refractivity contribution in [2.75, 3.05) is 30.9 Å². The van der Waals surface area contributed by atoms with E-state index in [0.29, 0.717) is 35.5 Å². The van der Waals surface area contributed by atoms with Crippen LogP contribution in [-0.2, 0) is 29.2 Å². The summed E-state index contributed by atoms with van der Waals surface area (Å²) in [5.74, 6) is -3.54. The number of hydrogen-bond acceptors (Lipinski definition) is 10. The van der Waals surface area contributed by atoms with Gasteiger partial charge in [0.15, 0.2) is 6.61 Å². The highest BCUT2D eigenvalue weighted by Crippen LogP contribution is 2.44. The number of sulfonamides is 1. The van der Waals surface area contributed by atoms with Crippen LogP contribution in [0.15, 0.2) is 82.6 Å². The molecule has 0 saturated heterocycles. The number of nitrogens with zero attached hydrogens (tertiary/aromatic N) is 1. The molecule has 56 heavy (non-hydrogen) atoms. The topological polar surface area (TPSA) is 203 Å². The molecule has 0 radical (unpaired) electrons. The van der Waals surface area contributed by atoms with Gasteiger partial charge in [-0.1, -0.05) is 95.0 Å². The van der Waals surface area contributed by atoms with Gasteiger partial charge in [-0.05, 0) is 49.3 Å². The van der Waals surface area contributed by atoms with Crippen LogP contribution >= 0.6 is 11.8 Å². The summed E-state index contributed by atoms with van der Waals surface area (Å²) in [7, 11) is -4.09. The molecule has 0 aromatic heterocycles. The van der Waals surface area contributed by atoms with Gasteiger partial charge in [0.2, 0.25) is 21.8 Å². The Kier molecular flexibility index (Phi) is 16.1. The second-order valence-corrected chi connectivity index (χ2v) is 16.2. The average molecular weight is 812 g/mol. The van der Waals surface area contributed by atoms with Gasteiger partial charge in [-0.15, -0.1) is 11.8 Å². The van der Waals surface area contributed by atoms with Gasteiger partial charge in [-0.2, -0.15) is 0 Å². The molecule has 0 aliphatic carbocycles. The summed E-state index contributed by atoms with van der Waals surface area (Å²) in [6, 6.07) is 17.2. The number of benzene rings is 3. The molecule has 4 rings (SSSR count). The molecular formula is C40H53N5O9S2. The summed E-state index contributed by atoms with van der Waals surface area (Å²) in [6.45, 7) is 4.78. The molecule has 14 nitrogen and oxygen atoms in total. The van der Waals surface area contributed by atoms with Crippen LogP contribution in [0.3, 0.4) is 0 Å². The van der Waals surface area contributed by atoms with Gasteiger partial charge in [0, 0.05) is 18.3 Å². The highest BCUT2D eigenvalue weighted by molar-refractivity contribution is 7.98. The molecule has 16 heteroatoms. The van der Waals surface area contributed by atoms with Crippen LogP contribution in [0, 0.1) is 0 Å². The minimum absolute atomic E-state index is 0.0150. The highest BCUT2D eigenvalue weighted by Gasteiger charge is 2.42. The fourth-order valence-corrected chi connectivity index (χ4v) is 8.80. The van der Waals surface area contributed by atoms with E-state index in [2.05, 4.69) is 34.5 Å². The summed E-state index contributed by atoms with van der Waals surface area (Å²) < 4.78 is 37.8. The number of aliphatic hydroxyl groups excluding tert-OH is 1. The number of aliphatic carboxylic acids is 1. The Bertz CT molecular complexity index is 1910. The monoisotopic (exact) mass is 811 g/mol. The van der Waals surface area contributed by atoms with Crippen molar-refractivity contribution < 1.29 is 42.5 Å². The molecule has 3 aromatic rings. The van der Waals surface area contributed by atoms with E-state index in [1.807, 2.05) is 41.5 Å². The number of unbranched alkanes of at least 4 members (excludes halogenated alkanes) is 2. The minimum atomic E-state index is -4.09. The van der Waals surface area contributed by atoms with Crippen molar-refractivity contribution in [1.82, 2.24) is 20.7 Å². The number of hydrogen-bond donors (Lipinski definition) is 6. The molecule has 0 fully saturated rings. The summed E-state index contributed by atoms with van der Waals surface area (Å²) in [6.07, 6.45) is 6.72. The fourth-order valence-electron chi connectivity index (χ4n) is 6.60. The fraction of sp³-hybridized carbons (Fsp3) is 0.450. The third kappa shape index (κ3) is 11.2. The molecule has 3 amide bonds. The number of rotatable bonds is 20. The molecule has 0 saturated carbocycles. The van der Waals surface area contributed by atoms with Crippen LogP contribution in [0.5, 0.6) is 5.75 Å². The van der Waals surface area contributed by atoms with Crippen molar-refractivity contribution in [2.45, 2.75) is 99.2 Å². The van der Waals surface area contributed by atoms with E-state index < -0.39 is 70.6 Å². The van der Waals surface area contributed by atoms with Crippen molar-refractivity contribution >= 4 is 56.9 Å². The molecule has 0 bridgehead atoms. The summed E-state index contributed by atoms with van der Waals surface area (Å²) in [4.78, 5) is 54.0. The summed E-state index contributed by atoms with van der Waals surface area (Å²) in [5.41, 5.74) is 0.994. The molecule has 1 aliphatic heterocycles. The van der Waals surface area contributed by atoms with Crippen LogP contribution in [0.1, 0.15) is 77.3 Å². The largest absolute Gasteiger partial charge is 0.483 e. The zero-order valence-corrected chi connectivity index (χ0v) is 33.9. The minimum Gasteiger partial charge on any atom is -0.483 e. The van der Waals surface area contributed by atoms with E-state index in [1.54, 1.807) is 43.3 Å². The zero-order chi connectivity index (χ0) is 40.9. The number of carbonyl (C=O) groups is 4. The Labute approximate surface area is 333 Å². The lowest BCUT2D eigenvalue weighted by molar-refractivity contribution is -0.143. The van der Waals surface area contributed by atoms with E-state index in [-0.39, 0.29) is 17.1 Å². The molecule has 304 valence electrons. The SMILES string of the molecule is CCCCC1(CCCC)CN(c2ccccc2)c2cc(SC)c(OCC(=O)N[C@@H](C(=O)N[C@@H](CC)C(=O)N[C@@H](CO)C(=O)O)c3ccccc3)cc2S(=O)(=O)N1. The molecular weight excluding hydrogens is 759 g/mol. The van der Waals surface area contributed by atoms with Gasteiger partial charge in [0.25, 0.3) is 5.91 Å². The molecule has 1 heterocycles. The first-order valence-corrected chi connectivity index (χ1v) is 21.5. The van der Waals surface area contributed by atoms with Gasteiger partial charge in [-0.3, -0.25) is 14.4 Å². The van der Waals surface area contributed by atoms with Crippen LogP contribution in [0.25, 0.3) is 0 Å². The lowest BCUT2D eigenvalue weighted by atomic mass is 9.87. The van der Waals surface area contributed by atoms with Crippen molar-refractivity contribution in [3.05, 3.63) is 78.4 Å². The number of carboxylic acids is 1. The molecule has 6 N–H and O–H groups in total. The molecule has 3 aromatic carbocycles. The predicted molar refractivity (Wildman–Crippen MR) is 215 cm³/mol. The quantitative estimate of drug-likeness (QED) is 0.0868. The third-order valence-corrected chi connectivity index (χ3v) is 12.0. The van der Waals surface area contributed by atoms with Crippen LogP contribution in [0.4, 0.5) is 11.4 Å². The van der Waals surface area contributed by atoms with E-state index in [0.717, 1.165) is 31.4 Å². The van der Waals surface area contributed by atoms with Crippen LogP contribution < -0.4 is 30.3 Å². The molecule has 0 unspecified atom stereocenters. The normalized spacial score (nSPS) is 16.0. The molecule has 1 aliphatic rings. The van der Waals surface area contributed by atoms with E-state index in [9.17, 15) is 37.8 Å². The lowest BCUT2D eigenvalue weighted by Crippen LogP contribution is -2.54. The Balaban J connectivity index is 1.63. The maximum Gasteiger partial charge on any atom is 0.328 e. The molecule has 3 atom stereocenters. The number of amides is 3. The number of fused-ring (bicyclic) bond motifs is 1. The number of carboxylic acid groups (broad SMARTS) is 1. The Morgan fingerprint density at radius 2 is 1.50 bits per heavy atom. The smallest absolute Gasteiger partial charge is 0.328 e. The van der Waals surface area contributed by atoms with Gasteiger partial charge in [0.05, 0.1) is 22.7 Å².